The minimum absolute atomic E-state index is 0.0561. The van der Waals surface area contributed by atoms with Crippen molar-refractivity contribution in [2.24, 2.45) is 0 Å². The molecule has 0 aliphatic heterocycles. The number of benzene rings is 2. The number of hydrogen-bond donors (Lipinski definition) is 1. The number of rotatable bonds is 2. The first kappa shape index (κ1) is 12.0. The van der Waals surface area contributed by atoms with Gasteiger partial charge in [0, 0.05) is 5.69 Å². The molecule has 0 spiro atoms. The minimum Gasteiger partial charge on any atom is -0.432 e. The summed E-state index contributed by atoms with van der Waals surface area (Å²) < 4.78 is 6.46. The molecule has 0 radical (unpaired) electrons. The zero-order valence-electron chi connectivity index (χ0n) is 10.7. The number of para-hydroxylation sites is 2. The lowest BCUT2D eigenvalue weighted by molar-refractivity contribution is 0.0992. The van der Waals surface area contributed by atoms with Crippen LogP contribution >= 0.6 is 11.3 Å². The molecule has 102 valence electrons. The van der Waals surface area contributed by atoms with Crippen molar-refractivity contribution < 1.29 is 9.21 Å². The molecule has 0 atom stereocenters. The van der Waals surface area contributed by atoms with Gasteiger partial charge in [0.25, 0.3) is 5.89 Å². The summed E-state index contributed by atoms with van der Waals surface area (Å²) >= 11 is 1.53. The number of fused-ring (bicyclic) bond motifs is 2. The van der Waals surface area contributed by atoms with Crippen molar-refractivity contribution in [1.29, 1.82) is 0 Å². The molecule has 5 nitrogen and oxygen atoms in total. The fourth-order valence-corrected chi connectivity index (χ4v) is 2.80. The van der Waals surface area contributed by atoms with Gasteiger partial charge >= 0.3 is 5.91 Å². The lowest BCUT2D eigenvalue weighted by Crippen LogP contribution is -2.11. The van der Waals surface area contributed by atoms with Gasteiger partial charge in [-0.05, 0) is 30.3 Å². The van der Waals surface area contributed by atoms with E-state index in [1.807, 2.05) is 30.3 Å². The van der Waals surface area contributed by atoms with E-state index < -0.39 is 0 Å². The maximum Gasteiger partial charge on any atom is 0.311 e. The number of aromatic nitrogens is 2. The molecule has 0 aliphatic rings. The Morgan fingerprint density at radius 1 is 1.14 bits per heavy atom. The fraction of sp³-hybridized carbons (Fsp3) is 0. The van der Waals surface area contributed by atoms with Crippen LogP contribution in [0.4, 0.5) is 5.69 Å². The molecule has 2 aromatic heterocycles. The number of nitrogens with zero attached hydrogens (tertiary/aromatic N) is 2. The second kappa shape index (κ2) is 4.68. The molecule has 0 unspecified atom stereocenters. The summed E-state index contributed by atoms with van der Waals surface area (Å²) in [7, 11) is 0. The first-order valence-electron chi connectivity index (χ1n) is 6.30. The normalized spacial score (nSPS) is 11.0. The molecule has 2 heterocycles. The molecule has 0 aliphatic carbocycles. The Hall–Kier alpha value is -2.73. The first-order valence-corrected chi connectivity index (χ1v) is 7.18. The molecular weight excluding hydrogens is 286 g/mol. The zero-order chi connectivity index (χ0) is 14.2. The van der Waals surface area contributed by atoms with Crippen LogP contribution in [0.3, 0.4) is 0 Å². The van der Waals surface area contributed by atoms with Gasteiger partial charge in [-0.2, -0.15) is 0 Å². The number of carbonyl (C=O) groups excluding carboxylic acids is 1. The van der Waals surface area contributed by atoms with Crippen LogP contribution < -0.4 is 5.32 Å². The summed E-state index contributed by atoms with van der Waals surface area (Å²) in [6, 6.07) is 12.8. The molecule has 2 aromatic carbocycles. The van der Waals surface area contributed by atoms with E-state index in [-0.39, 0.29) is 11.8 Å². The highest BCUT2D eigenvalue weighted by Crippen LogP contribution is 2.22. The molecule has 6 heteroatoms. The van der Waals surface area contributed by atoms with Gasteiger partial charge < -0.3 is 9.73 Å². The predicted octanol–water partition coefficient (Wildman–Crippen LogP) is 3.69. The van der Waals surface area contributed by atoms with E-state index in [1.165, 1.54) is 11.3 Å². The molecule has 1 N–H and O–H groups in total. The molecule has 21 heavy (non-hydrogen) atoms. The van der Waals surface area contributed by atoms with Crippen LogP contribution in [0.2, 0.25) is 0 Å². The Morgan fingerprint density at radius 2 is 2.05 bits per heavy atom. The summed E-state index contributed by atoms with van der Waals surface area (Å²) in [6.07, 6.45) is 0. The highest BCUT2D eigenvalue weighted by Gasteiger charge is 2.14. The molecule has 1 amide bonds. The van der Waals surface area contributed by atoms with E-state index in [1.54, 1.807) is 17.6 Å². The first-order chi connectivity index (χ1) is 10.3. The molecule has 0 bridgehead atoms. The van der Waals surface area contributed by atoms with E-state index in [9.17, 15) is 4.79 Å². The van der Waals surface area contributed by atoms with Crippen LogP contribution in [0.1, 0.15) is 10.7 Å². The van der Waals surface area contributed by atoms with Crippen molar-refractivity contribution in [2.45, 2.75) is 0 Å². The quantitative estimate of drug-likeness (QED) is 0.612. The Balaban J connectivity index is 1.64. The Kier molecular flexibility index (Phi) is 2.68. The predicted molar refractivity (Wildman–Crippen MR) is 81.6 cm³/mol. The van der Waals surface area contributed by atoms with Gasteiger partial charge in [0.15, 0.2) is 5.58 Å². The van der Waals surface area contributed by atoms with E-state index in [0.717, 1.165) is 10.2 Å². The van der Waals surface area contributed by atoms with Crippen LogP contribution in [0.5, 0.6) is 0 Å². The van der Waals surface area contributed by atoms with E-state index in [2.05, 4.69) is 15.3 Å². The summed E-state index contributed by atoms with van der Waals surface area (Å²) in [6.45, 7) is 0. The second-order valence-corrected chi connectivity index (χ2v) is 5.36. The number of carbonyl (C=O) groups is 1. The minimum atomic E-state index is -0.366. The van der Waals surface area contributed by atoms with Crippen molar-refractivity contribution in [2.75, 3.05) is 5.32 Å². The number of hydrogen-bond acceptors (Lipinski definition) is 5. The average Bonchev–Trinajstić information content (AvgIpc) is 3.13. The maximum absolute atomic E-state index is 12.2. The summed E-state index contributed by atoms with van der Waals surface area (Å²) in [5, 5.41) is 2.78. The van der Waals surface area contributed by atoms with Crippen molar-refractivity contribution >= 4 is 44.2 Å². The maximum atomic E-state index is 12.2. The fourth-order valence-electron chi connectivity index (χ4n) is 2.09. The highest BCUT2D eigenvalue weighted by molar-refractivity contribution is 7.16. The Labute approximate surface area is 123 Å². The summed E-state index contributed by atoms with van der Waals surface area (Å²) in [5.41, 5.74) is 4.65. The van der Waals surface area contributed by atoms with E-state index in [0.29, 0.717) is 16.8 Å². The SMILES string of the molecule is O=C(Nc1ccc2ncsc2c1)c1nc2ccccc2o1. The Bertz CT molecular complexity index is 925. The lowest BCUT2D eigenvalue weighted by atomic mass is 10.3. The van der Waals surface area contributed by atoms with Crippen molar-refractivity contribution in [3.05, 3.63) is 53.9 Å². The van der Waals surface area contributed by atoms with Crippen molar-refractivity contribution in [3.63, 3.8) is 0 Å². The molecule has 4 rings (SSSR count). The van der Waals surface area contributed by atoms with Crippen LogP contribution in [0.15, 0.2) is 52.4 Å². The Morgan fingerprint density at radius 3 is 2.95 bits per heavy atom. The van der Waals surface area contributed by atoms with E-state index >= 15 is 0 Å². The molecule has 4 aromatic rings. The number of oxazole rings is 1. The third-order valence-corrected chi connectivity index (χ3v) is 3.87. The molecule has 0 saturated carbocycles. The number of amides is 1. The zero-order valence-corrected chi connectivity index (χ0v) is 11.6. The van der Waals surface area contributed by atoms with Gasteiger partial charge in [-0.25, -0.2) is 9.97 Å². The second-order valence-electron chi connectivity index (χ2n) is 4.48. The lowest BCUT2D eigenvalue weighted by Gasteiger charge is -2.01. The smallest absolute Gasteiger partial charge is 0.311 e. The standard InChI is InChI=1S/C15H9N3O2S/c19-14(15-18-10-3-1-2-4-12(10)20-15)17-9-5-6-11-13(7-9)21-8-16-11/h1-8H,(H,17,19). The average molecular weight is 295 g/mol. The van der Waals surface area contributed by atoms with E-state index in [4.69, 9.17) is 4.42 Å². The third-order valence-electron chi connectivity index (χ3n) is 3.08. The van der Waals surface area contributed by atoms with Crippen molar-refractivity contribution in [1.82, 2.24) is 9.97 Å². The third kappa shape index (κ3) is 2.15. The van der Waals surface area contributed by atoms with Crippen LogP contribution in [0, 0.1) is 0 Å². The monoisotopic (exact) mass is 295 g/mol. The largest absolute Gasteiger partial charge is 0.432 e. The van der Waals surface area contributed by atoms with Crippen LogP contribution in [-0.2, 0) is 0 Å². The molecule has 0 saturated heterocycles. The van der Waals surface area contributed by atoms with Crippen LogP contribution in [-0.4, -0.2) is 15.9 Å². The number of anilines is 1. The van der Waals surface area contributed by atoms with Gasteiger partial charge in [0.1, 0.15) is 5.52 Å². The van der Waals surface area contributed by atoms with Gasteiger partial charge in [-0.1, -0.05) is 12.1 Å². The van der Waals surface area contributed by atoms with Crippen molar-refractivity contribution in [3.8, 4) is 0 Å². The molecular formula is C15H9N3O2S. The van der Waals surface area contributed by atoms with Gasteiger partial charge in [-0.3, -0.25) is 4.79 Å². The number of thiazole rings is 1. The highest BCUT2D eigenvalue weighted by atomic mass is 32.1. The topological polar surface area (TPSA) is 68.0 Å². The van der Waals surface area contributed by atoms with Crippen LogP contribution in [0.25, 0.3) is 21.3 Å². The number of nitrogens with one attached hydrogen (secondary N) is 1. The van der Waals surface area contributed by atoms with Gasteiger partial charge in [0.2, 0.25) is 0 Å². The van der Waals surface area contributed by atoms with Gasteiger partial charge in [0.05, 0.1) is 15.7 Å². The van der Waals surface area contributed by atoms with Gasteiger partial charge in [-0.15, -0.1) is 11.3 Å². The molecule has 0 fully saturated rings. The summed E-state index contributed by atoms with van der Waals surface area (Å²) in [4.78, 5) is 20.6. The summed E-state index contributed by atoms with van der Waals surface area (Å²) in [5.74, 6) is -0.310.